The van der Waals surface area contributed by atoms with E-state index in [0.29, 0.717) is 30.4 Å². The molecule has 1 aromatic carbocycles. The minimum atomic E-state index is -4.57. The number of alkyl halides is 3. The van der Waals surface area contributed by atoms with Gasteiger partial charge in [-0.05, 0) is 81.1 Å². The first-order valence-electron chi connectivity index (χ1n) is 14.0. The lowest BCUT2D eigenvalue weighted by atomic mass is 9.79. The molecule has 1 saturated heterocycles. The topological polar surface area (TPSA) is 131 Å². The summed E-state index contributed by atoms with van der Waals surface area (Å²) in [5.41, 5.74) is -2.10. The van der Waals surface area contributed by atoms with Gasteiger partial charge in [0.15, 0.2) is 0 Å². The second-order valence-electron chi connectivity index (χ2n) is 12.2. The fourth-order valence-electron chi connectivity index (χ4n) is 6.41. The third kappa shape index (κ3) is 5.60. The zero-order valence-corrected chi connectivity index (χ0v) is 23.9. The maximum absolute atomic E-state index is 14.1. The van der Waals surface area contributed by atoms with Gasteiger partial charge in [-0.3, -0.25) is 14.4 Å². The highest BCUT2D eigenvalue weighted by Gasteiger charge is 2.65. The van der Waals surface area contributed by atoms with Crippen molar-refractivity contribution in [2.45, 2.75) is 75.5 Å². The summed E-state index contributed by atoms with van der Waals surface area (Å²) in [5, 5.41) is 31.0. The lowest BCUT2D eigenvalue weighted by molar-refractivity contribution is -0.160. The van der Waals surface area contributed by atoms with Crippen LogP contribution in [0.4, 0.5) is 13.2 Å². The largest absolute Gasteiger partial charge is 0.481 e. The molecule has 0 radical (unpaired) electrons. The van der Waals surface area contributed by atoms with E-state index in [-0.39, 0.29) is 78.7 Å². The van der Waals surface area contributed by atoms with Crippen LogP contribution in [0, 0.1) is 17.2 Å². The first-order valence-corrected chi connectivity index (χ1v) is 14.4. The summed E-state index contributed by atoms with van der Waals surface area (Å²) in [7, 11) is 0. The van der Waals surface area contributed by atoms with Crippen molar-refractivity contribution in [2.24, 2.45) is 11.8 Å². The van der Waals surface area contributed by atoms with Crippen molar-refractivity contribution in [1.29, 1.82) is 5.41 Å². The number of halogens is 4. The molecule has 3 aliphatic carbocycles. The number of carboxylic acids is 1. The third-order valence-electron chi connectivity index (χ3n) is 8.98. The fraction of sp³-hybridized carbons (Fsp3) is 0.533. The second-order valence-corrected chi connectivity index (χ2v) is 12.6. The van der Waals surface area contributed by atoms with E-state index >= 15 is 0 Å². The number of likely N-dealkylation sites (tertiary alicyclic amines) is 1. The molecule has 1 heterocycles. The van der Waals surface area contributed by atoms with Gasteiger partial charge in [0.05, 0.1) is 46.3 Å². The van der Waals surface area contributed by atoms with Gasteiger partial charge < -0.3 is 25.8 Å². The number of hydrogen-bond donors (Lipinski definition) is 4. The zero-order chi connectivity index (χ0) is 30.6. The highest BCUT2D eigenvalue weighted by molar-refractivity contribution is 6.34. The molecule has 0 spiro atoms. The van der Waals surface area contributed by atoms with E-state index in [0.717, 1.165) is 0 Å². The van der Waals surface area contributed by atoms with E-state index in [1.54, 1.807) is 13.0 Å². The lowest BCUT2D eigenvalue weighted by Crippen LogP contribution is -2.63. The molecule has 1 aliphatic heterocycles. The van der Waals surface area contributed by atoms with Gasteiger partial charge in [0.1, 0.15) is 0 Å². The average molecular weight is 608 g/mol. The van der Waals surface area contributed by atoms with Gasteiger partial charge >= 0.3 is 12.1 Å². The number of β-amino-alcohol motifs (C(OH)–C–C–N with tert-alkyl or cyclic N) is 1. The number of amides is 2. The maximum Gasteiger partial charge on any atom is 0.398 e. The number of carbonyl (C=O) groups excluding carboxylic acids is 2. The van der Waals surface area contributed by atoms with Crippen LogP contribution in [0.5, 0.6) is 0 Å². The van der Waals surface area contributed by atoms with Crippen LogP contribution in [0.3, 0.4) is 0 Å². The smallest absolute Gasteiger partial charge is 0.398 e. The maximum atomic E-state index is 14.1. The van der Waals surface area contributed by atoms with Crippen LogP contribution < -0.4 is 5.32 Å². The number of rotatable bonds is 7. The number of nitrogens with one attached hydrogen (secondary N) is 2. The molecule has 2 fully saturated rings. The van der Waals surface area contributed by atoms with Gasteiger partial charge in [-0.2, -0.15) is 13.2 Å². The van der Waals surface area contributed by atoms with Crippen molar-refractivity contribution < 1.29 is 37.8 Å². The molecule has 2 unspecified atom stereocenters. The van der Waals surface area contributed by atoms with Crippen LogP contribution in [0.15, 0.2) is 41.1 Å². The first-order chi connectivity index (χ1) is 19.6. The summed E-state index contributed by atoms with van der Waals surface area (Å²) >= 11 is 6.33. The van der Waals surface area contributed by atoms with E-state index in [1.165, 1.54) is 23.1 Å². The van der Waals surface area contributed by atoms with Crippen LogP contribution in [0.2, 0.25) is 5.02 Å². The number of aliphatic carboxylic acids is 1. The highest BCUT2D eigenvalue weighted by Crippen LogP contribution is 2.60. The van der Waals surface area contributed by atoms with Gasteiger partial charge in [0.25, 0.3) is 5.91 Å². The number of nitrogens with zero attached hydrogens (tertiary/aromatic N) is 1. The summed E-state index contributed by atoms with van der Waals surface area (Å²) < 4.78 is 42.2. The van der Waals surface area contributed by atoms with Crippen LogP contribution in [-0.4, -0.2) is 63.5 Å². The summed E-state index contributed by atoms with van der Waals surface area (Å²) in [4.78, 5) is 39.8. The predicted molar refractivity (Wildman–Crippen MR) is 148 cm³/mol. The Morgan fingerprint density at radius 2 is 1.79 bits per heavy atom. The molecule has 1 aromatic rings. The number of carboxylic acid groups (broad SMARTS) is 1. The van der Waals surface area contributed by atoms with Crippen molar-refractivity contribution in [3.8, 4) is 0 Å². The monoisotopic (exact) mass is 607 g/mol. The van der Waals surface area contributed by atoms with Crippen molar-refractivity contribution >= 4 is 35.1 Å². The Bertz CT molecular complexity index is 1410. The standard InChI is InChI=1S/C30H33ClF3N3O5/c1-28(42)14-37(15-28)26(39)18-9-10-19(24(35)16-5-7-17(8-6-16)27(40)41)22(13-18)36-25(38)23-20(3-2-4-21(23)31)29(11-12-29)30(32,33)34/h2-5,17-18,35,42H,6-15H2,1H3,(H,36,38)(H,40,41). The Hall–Kier alpha value is -3.18. The molecule has 42 heavy (non-hydrogen) atoms. The number of carbonyl (C=O) groups is 3. The average Bonchev–Trinajstić information content (AvgIpc) is 3.73. The summed E-state index contributed by atoms with van der Waals surface area (Å²) in [6, 6.07) is 4.02. The predicted octanol–water partition coefficient (Wildman–Crippen LogP) is 5.14. The van der Waals surface area contributed by atoms with Crippen LogP contribution >= 0.6 is 11.6 Å². The van der Waals surface area contributed by atoms with E-state index < -0.39 is 40.9 Å². The van der Waals surface area contributed by atoms with Crippen molar-refractivity contribution in [3.63, 3.8) is 0 Å². The van der Waals surface area contributed by atoms with E-state index in [1.807, 2.05) is 0 Å². The molecular formula is C30H33ClF3N3O5. The normalized spacial score (nSPS) is 24.8. The minimum Gasteiger partial charge on any atom is -0.481 e. The summed E-state index contributed by atoms with van der Waals surface area (Å²) in [5.74, 6) is -3.04. The quantitative estimate of drug-likeness (QED) is 0.319. The number of benzene rings is 1. The van der Waals surface area contributed by atoms with Crippen molar-refractivity contribution in [1.82, 2.24) is 10.2 Å². The van der Waals surface area contributed by atoms with Crippen LogP contribution in [-0.2, 0) is 15.0 Å². The molecule has 8 nitrogen and oxygen atoms in total. The van der Waals surface area contributed by atoms with E-state index in [9.17, 15) is 37.8 Å². The number of allylic oxidation sites excluding steroid dienone is 4. The summed E-state index contributed by atoms with van der Waals surface area (Å²) in [6.07, 6.45) is -1.49. The van der Waals surface area contributed by atoms with Gasteiger partial charge in [0.2, 0.25) is 5.91 Å². The van der Waals surface area contributed by atoms with E-state index in [4.69, 9.17) is 17.0 Å². The second kappa shape index (κ2) is 10.8. The minimum absolute atomic E-state index is 0.0517. The highest BCUT2D eigenvalue weighted by atomic mass is 35.5. The van der Waals surface area contributed by atoms with E-state index in [2.05, 4.69) is 5.32 Å². The third-order valence-corrected chi connectivity index (χ3v) is 9.29. The Balaban J connectivity index is 1.46. The Morgan fingerprint density at radius 1 is 1.12 bits per heavy atom. The molecular weight excluding hydrogens is 575 g/mol. The van der Waals surface area contributed by atoms with Gasteiger partial charge in [-0.1, -0.05) is 29.8 Å². The van der Waals surface area contributed by atoms with Gasteiger partial charge in [-0.15, -0.1) is 0 Å². The van der Waals surface area contributed by atoms with Crippen molar-refractivity contribution in [2.75, 3.05) is 13.1 Å². The molecule has 2 atom stereocenters. The molecule has 4 aliphatic rings. The number of hydrogen-bond acceptors (Lipinski definition) is 5. The molecule has 226 valence electrons. The van der Waals surface area contributed by atoms with Crippen LogP contribution in [0.1, 0.15) is 74.2 Å². The zero-order valence-electron chi connectivity index (χ0n) is 23.1. The lowest BCUT2D eigenvalue weighted by Gasteiger charge is -2.46. The fourth-order valence-corrected chi connectivity index (χ4v) is 6.67. The van der Waals surface area contributed by atoms with Gasteiger partial charge in [-0.25, -0.2) is 0 Å². The first kappa shape index (κ1) is 30.3. The van der Waals surface area contributed by atoms with Crippen LogP contribution in [0.25, 0.3) is 0 Å². The molecule has 0 bridgehead atoms. The Morgan fingerprint density at radius 3 is 2.33 bits per heavy atom. The molecule has 0 aromatic heterocycles. The molecule has 2 amide bonds. The Kier molecular flexibility index (Phi) is 7.81. The van der Waals surface area contributed by atoms with Gasteiger partial charge in [0, 0.05) is 11.6 Å². The SMILES string of the molecule is CC1(O)CN(C(=O)C2CCC(C(=N)C3=CCC(C(=O)O)CC3)=C(NC(=O)c3c(Cl)cccc3C3(C(F)(F)F)CC3)C2)C1. The number of aliphatic hydroxyl groups is 1. The molecule has 4 N–H and O–H groups in total. The molecule has 1 saturated carbocycles. The van der Waals surface area contributed by atoms with Crippen molar-refractivity contribution in [3.05, 3.63) is 57.3 Å². The molecule has 5 rings (SSSR count). The Labute approximate surface area is 246 Å². The molecule has 12 heteroatoms. The summed E-state index contributed by atoms with van der Waals surface area (Å²) in [6.45, 7) is 1.98.